The lowest BCUT2D eigenvalue weighted by Crippen LogP contribution is -2.26. The van der Waals surface area contributed by atoms with Gasteiger partial charge in [-0.3, -0.25) is 4.68 Å². The van der Waals surface area contributed by atoms with Gasteiger partial charge in [0.1, 0.15) is 6.04 Å². The smallest absolute Gasteiger partial charge is 0.259 e. The summed E-state index contributed by atoms with van der Waals surface area (Å²) in [5.74, 6) is 0. The van der Waals surface area contributed by atoms with E-state index in [1.807, 2.05) is 6.92 Å². The van der Waals surface area contributed by atoms with Crippen LogP contribution in [0.5, 0.6) is 0 Å². The minimum atomic E-state index is -2.50. The summed E-state index contributed by atoms with van der Waals surface area (Å²) in [6, 6.07) is -1.06. The Labute approximate surface area is 86.0 Å². The summed E-state index contributed by atoms with van der Waals surface area (Å²) in [4.78, 5) is 0. The summed E-state index contributed by atoms with van der Waals surface area (Å²) in [5, 5.41) is 6.69. The molecule has 1 atom stereocenters. The average Bonchev–Trinajstić information content (AvgIpc) is 2.49. The molecule has 0 aromatic carbocycles. The second kappa shape index (κ2) is 4.70. The lowest BCUT2D eigenvalue weighted by molar-refractivity contribution is 0.0981. The van der Waals surface area contributed by atoms with Crippen LogP contribution < -0.4 is 5.32 Å². The number of rotatable bonds is 4. The van der Waals surface area contributed by atoms with Crippen LogP contribution in [0.4, 0.5) is 8.78 Å². The van der Waals surface area contributed by atoms with Gasteiger partial charge in [0.2, 0.25) is 0 Å². The minimum absolute atomic E-state index is 0.270. The zero-order chi connectivity index (χ0) is 10.7. The van der Waals surface area contributed by atoms with E-state index in [0.717, 1.165) is 0 Å². The van der Waals surface area contributed by atoms with Crippen molar-refractivity contribution in [2.24, 2.45) is 0 Å². The van der Waals surface area contributed by atoms with Gasteiger partial charge in [0.05, 0.1) is 16.9 Å². The molecule has 0 aliphatic heterocycles. The van der Waals surface area contributed by atoms with Crippen molar-refractivity contribution in [2.75, 3.05) is 7.05 Å². The molecule has 1 unspecified atom stereocenters. The van der Waals surface area contributed by atoms with Gasteiger partial charge >= 0.3 is 0 Å². The van der Waals surface area contributed by atoms with Gasteiger partial charge in [-0.25, -0.2) is 8.78 Å². The zero-order valence-corrected chi connectivity index (χ0v) is 8.72. The first kappa shape index (κ1) is 11.4. The molecule has 0 saturated carbocycles. The fourth-order valence-electron chi connectivity index (χ4n) is 1.32. The van der Waals surface area contributed by atoms with Gasteiger partial charge in [0.25, 0.3) is 6.43 Å². The summed E-state index contributed by atoms with van der Waals surface area (Å²) in [7, 11) is 1.47. The van der Waals surface area contributed by atoms with Crippen LogP contribution in [0.15, 0.2) is 6.20 Å². The lowest BCUT2D eigenvalue weighted by Gasteiger charge is -2.16. The van der Waals surface area contributed by atoms with Gasteiger partial charge in [0, 0.05) is 6.54 Å². The van der Waals surface area contributed by atoms with Gasteiger partial charge in [-0.2, -0.15) is 5.10 Å². The SMILES string of the molecule is CCn1ncc(Cl)c1C(NC)C(F)F. The molecule has 0 radical (unpaired) electrons. The Morgan fingerprint density at radius 3 is 2.71 bits per heavy atom. The first-order valence-corrected chi connectivity index (χ1v) is 4.66. The van der Waals surface area contributed by atoms with Gasteiger partial charge < -0.3 is 5.32 Å². The normalized spacial score (nSPS) is 13.6. The summed E-state index contributed by atoms with van der Waals surface area (Å²) < 4.78 is 26.7. The van der Waals surface area contributed by atoms with E-state index in [2.05, 4.69) is 10.4 Å². The fourth-order valence-corrected chi connectivity index (χ4v) is 1.57. The second-order valence-corrected chi connectivity index (χ2v) is 3.20. The van der Waals surface area contributed by atoms with Crippen molar-refractivity contribution in [3.05, 3.63) is 16.9 Å². The molecule has 0 aliphatic rings. The van der Waals surface area contributed by atoms with Crippen LogP contribution in [-0.2, 0) is 6.54 Å². The predicted octanol–water partition coefficient (Wildman–Crippen LogP) is 2.08. The first-order chi connectivity index (χ1) is 6.61. The van der Waals surface area contributed by atoms with Crippen LogP contribution in [0.1, 0.15) is 18.7 Å². The molecular weight excluding hydrogens is 212 g/mol. The number of halogens is 3. The molecule has 0 spiro atoms. The Hall–Kier alpha value is -0.680. The molecule has 1 aromatic heterocycles. The minimum Gasteiger partial charge on any atom is -0.307 e. The van der Waals surface area contributed by atoms with Crippen molar-refractivity contribution in [2.45, 2.75) is 25.9 Å². The Morgan fingerprint density at radius 2 is 2.29 bits per heavy atom. The molecule has 0 fully saturated rings. The lowest BCUT2D eigenvalue weighted by atomic mass is 10.2. The van der Waals surface area contributed by atoms with Crippen LogP contribution in [0, 0.1) is 0 Å². The molecule has 1 rings (SSSR count). The van der Waals surface area contributed by atoms with Crippen molar-refractivity contribution in [3.63, 3.8) is 0 Å². The molecule has 0 bridgehead atoms. The van der Waals surface area contributed by atoms with Crippen molar-refractivity contribution >= 4 is 11.6 Å². The van der Waals surface area contributed by atoms with E-state index in [-0.39, 0.29) is 5.02 Å². The maximum atomic E-state index is 12.6. The third-order valence-electron chi connectivity index (χ3n) is 1.99. The zero-order valence-electron chi connectivity index (χ0n) is 7.97. The first-order valence-electron chi connectivity index (χ1n) is 4.28. The molecule has 1 heterocycles. The molecule has 0 amide bonds. The van der Waals surface area contributed by atoms with E-state index < -0.39 is 12.5 Å². The second-order valence-electron chi connectivity index (χ2n) is 2.79. The number of hydrogen-bond donors (Lipinski definition) is 1. The number of nitrogens with one attached hydrogen (secondary N) is 1. The quantitative estimate of drug-likeness (QED) is 0.847. The standard InChI is InChI=1S/C8H12ClF2N3/c1-3-14-7(5(9)4-13-14)6(12-2)8(10)11/h4,6,8,12H,3H2,1-2H3. The van der Waals surface area contributed by atoms with Crippen molar-refractivity contribution in [1.29, 1.82) is 0 Å². The van der Waals surface area contributed by atoms with E-state index in [9.17, 15) is 8.78 Å². The Bertz CT molecular complexity index is 301. The number of nitrogens with zero attached hydrogens (tertiary/aromatic N) is 2. The van der Waals surface area contributed by atoms with Gasteiger partial charge in [-0.1, -0.05) is 11.6 Å². The van der Waals surface area contributed by atoms with E-state index in [1.54, 1.807) is 0 Å². The van der Waals surface area contributed by atoms with Crippen molar-refractivity contribution in [3.8, 4) is 0 Å². The molecule has 0 saturated heterocycles. The average molecular weight is 224 g/mol. The van der Waals surface area contributed by atoms with E-state index in [0.29, 0.717) is 12.2 Å². The number of alkyl halides is 2. The highest BCUT2D eigenvalue weighted by Gasteiger charge is 2.26. The van der Waals surface area contributed by atoms with E-state index in [1.165, 1.54) is 17.9 Å². The molecule has 80 valence electrons. The molecular formula is C8H12ClF2N3. The Balaban J connectivity index is 3.07. The molecule has 3 nitrogen and oxygen atoms in total. The van der Waals surface area contributed by atoms with E-state index in [4.69, 9.17) is 11.6 Å². The molecule has 0 aliphatic carbocycles. The largest absolute Gasteiger partial charge is 0.307 e. The monoisotopic (exact) mass is 223 g/mol. The molecule has 14 heavy (non-hydrogen) atoms. The highest BCUT2D eigenvalue weighted by Crippen LogP contribution is 2.26. The van der Waals surface area contributed by atoms with Crippen LogP contribution >= 0.6 is 11.6 Å². The third-order valence-corrected chi connectivity index (χ3v) is 2.28. The third kappa shape index (κ3) is 2.04. The fraction of sp³-hybridized carbons (Fsp3) is 0.625. The Kier molecular flexibility index (Phi) is 3.83. The summed E-state index contributed by atoms with van der Waals surface area (Å²) in [6.45, 7) is 2.35. The summed E-state index contributed by atoms with van der Waals surface area (Å²) in [6.07, 6.45) is -1.12. The maximum absolute atomic E-state index is 12.6. The van der Waals surface area contributed by atoms with Crippen LogP contribution in [0.25, 0.3) is 0 Å². The maximum Gasteiger partial charge on any atom is 0.259 e. The Morgan fingerprint density at radius 1 is 1.64 bits per heavy atom. The van der Waals surface area contributed by atoms with Crippen LogP contribution in [0.2, 0.25) is 5.02 Å². The van der Waals surface area contributed by atoms with Crippen LogP contribution in [-0.4, -0.2) is 23.3 Å². The topological polar surface area (TPSA) is 29.9 Å². The van der Waals surface area contributed by atoms with Gasteiger partial charge in [-0.05, 0) is 14.0 Å². The highest BCUT2D eigenvalue weighted by molar-refractivity contribution is 6.31. The molecule has 1 aromatic rings. The van der Waals surface area contributed by atoms with Crippen molar-refractivity contribution < 1.29 is 8.78 Å². The predicted molar refractivity (Wildman–Crippen MR) is 50.7 cm³/mol. The highest BCUT2D eigenvalue weighted by atomic mass is 35.5. The van der Waals surface area contributed by atoms with Gasteiger partial charge in [0.15, 0.2) is 0 Å². The van der Waals surface area contributed by atoms with E-state index >= 15 is 0 Å². The number of aromatic nitrogens is 2. The number of aryl methyl sites for hydroxylation is 1. The van der Waals surface area contributed by atoms with Crippen LogP contribution in [0.3, 0.4) is 0 Å². The molecule has 6 heteroatoms. The van der Waals surface area contributed by atoms with Gasteiger partial charge in [-0.15, -0.1) is 0 Å². The number of hydrogen-bond acceptors (Lipinski definition) is 2. The summed E-state index contributed by atoms with van der Waals surface area (Å²) in [5.41, 5.74) is 0.340. The van der Waals surface area contributed by atoms with Crippen molar-refractivity contribution in [1.82, 2.24) is 15.1 Å². The summed E-state index contributed by atoms with van der Waals surface area (Å²) >= 11 is 5.78. The molecule has 1 N–H and O–H groups in total.